The highest BCUT2D eigenvalue weighted by atomic mass is 32.2. The van der Waals surface area contributed by atoms with E-state index in [1.54, 1.807) is 23.9 Å². The molecule has 0 aliphatic carbocycles. The molecule has 13 heavy (non-hydrogen) atoms. The summed E-state index contributed by atoms with van der Waals surface area (Å²) in [5.41, 5.74) is 1.07. The first kappa shape index (κ1) is 12.0. The van der Waals surface area contributed by atoms with Crippen molar-refractivity contribution in [1.29, 1.82) is 0 Å². The van der Waals surface area contributed by atoms with E-state index < -0.39 is 5.97 Å². The van der Waals surface area contributed by atoms with E-state index in [1.165, 1.54) is 0 Å². The van der Waals surface area contributed by atoms with Gasteiger partial charge in [-0.3, -0.25) is 4.79 Å². The summed E-state index contributed by atoms with van der Waals surface area (Å²) in [4.78, 5) is 10.2. The van der Waals surface area contributed by atoms with Crippen molar-refractivity contribution >= 4 is 17.7 Å². The predicted molar refractivity (Wildman–Crippen MR) is 58.1 cm³/mol. The normalized spacial score (nSPS) is 10.9. The third-order valence-electron chi connectivity index (χ3n) is 1.32. The van der Waals surface area contributed by atoms with Crippen LogP contribution in [-0.4, -0.2) is 22.6 Å². The molecule has 0 fully saturated rings. The zero-order chi connectivity index (χ0) is 10.1. The van der Waals surface area contributed by atoms with Gasteiger partial charge in [0.25, 0.3) is 0 Å². The molecule has 1 N–H and O–H groups in total. The molecule has 0 radical (unpaired) electrons. The fraction of sp³-hybridized carbons (Fsp3) is 0.300. The Morgan fingerprint density at radius 1 is 1.46 bits per heavy atom. The smallest absolute Gasteiger partial charge is 0.304 e. The molecule has 0 spiro atoms. The Hall–Kier alpha value is -0.960. The molecule has 0 aliphatic rings. The molecule has 0 aromatic rings. The molecule has 0 saturated heterocycles. The van der Waals surface area contributed by atoms with Gasteiger partial charge in [0.2, 0.25) is 0 Å². The highest BCUT2D eigenvalue weighted by Gasteiger charge is 1.97. The van der Waals surface area contributed by atoms with Gasteiger partial charge in [-0.15, -0.1) is 0 Å². The molecule has 3 heteroatoms. The topological polar surface area (TPSA) is 37.3 Å². The van der Waals surface area contributed by atoms with Gasteiger partial charge in [-0.2, -0.15) is 11.8 Å². The van der Waals surface area contributed by atoms with Crippen molar-refractivity contribution in [2.45, 2.75) is 6.42 Å². The molecule has 0 aliphatic heterocycles. The fourth-order valence-electron chi connectivity index (χ4n) is 0.676. The molecular formula is C10H14O2S. The third-order valence-corrected chi connectivity index (χ3v) is 2.35. The summed E-state index contributed by atoms with van der Waals surface area (Å²) in [6.07, 6.45) is 5.55. The number of hydrogen-bond donors (Lipinski definition) is 1. The number of carboxylic acids is 1. The number of allylic oxidation sites excluding steroid dienone is 3. The first-order chi connectivity index (χ1) is 6.20. The number of carboxylic acid groups (broad SMARTS) is 1. The Kier molecular flexibility index (Phi) is 7.11. The van der Waals surface area contributed by atoms with Crippen LogP contribution in [0.15, 0.2) is 37.0 Å². The second-order valence-corrected chi connectivity index (χ2v) is 3.48. The minimum Gasteiger partial charge on any atom is -0.481 e. The quantitative estimate of drug-likeness (QED) is 0.504. The second-order valence-electron chi connectivity index (χ2n) is 2.38. The van der Waals surface area contributed by atoms with E-state index in [0.29, 0.717) is 5.75 Å². The molecule has 0 aromatic heterocycles. The molecule has 2 nitrogen and oxygen atoms in total. The molecule has 0 atom stereocenters. The van der Waals surface area contributed by atoms with Crippen LogP contribution in [-0.2, 0) is 4.79 Å². The number of aliphatic carboxylic acids is 1. The van der Waals surface area contributed by atoms with Crippen LogP contribution >= 0.6 is 11.8 Å². The van der Waals surface area contributed by atoms with Gasteiger partial charge in [0, 0.05) is 11.5 Å². The van der Waals surface area contributed by atoms with Crippen LogP contribution in [0.1, 0.15) is 6.42 Å². The molecular weight excluding hydrogens is 184 g/mol. The van der Waals surface area contributed by atoms with Gasteiger partial charge in [0.15, 0.2) is 0 Å². The Morgan fingerprint density at radius 2 is 2.15 bits per heavy atom. The Bertz CT molecular complexity index is 219. The molecule has 0 unspecified atom stereocenters. The molecule has 0 bridgehead atoms. The lowest BCUT2D eigenvalue weighted by Crippen LogP contribution is -1.96. The fourth-order valence-corrected chi connectivity index (χ4v) is 1.59. The average Bonchev–Trinajstić information content (AvgIpc) is 2.10. The summed E-state index contributed by atoms with van der Waals surface area (Å²) < 4.78 is 0. The van der Waals surface area contributed by atoms with Crippen LogP contribution in [0.5, 0.6) is 0 Å². The number of carbonyl (C=O) groups is 1. The standard InChI is InChI=1S/C10H14O2S/c1-3-5-9(4-2)8-13-7-6-10(11)12/h3-5H,1-2,6-8H2,(H,11,12). The van der Waals surface area contributed by atoms with Gasteiger partial charge in [0.05, 0.1) is 6.42 Å². The highest BCUT2D eigenvalue weighted by Crippen LogP contribution is 2.09. The first-order valence-electron chi connectivity index (χ1n) is 3.94. The van der Waals surface area contributed by atoms with Crippen molar-refractivity contribution in [3.05, 3.63) is 37.0 Å². The Morgan fingerprint density at radius 3 is 2.62 bits per heavy atom. The summed E-state index contributed by atoms with van der Waals surface area (Å²) in [7, 11) is 0. The van der Waals surface area contributed by atoms with E-state index in [2.05, 4.69) is 13.2 Å². The van der Waals surface area contributed by atoms with Gasteiger partial charge in [0.1, 0.15) is 0 Å². The molecule has 0 saturated carbocycles. The molecule has 0 aromatic carbocycles. The first-order valence-corrected chi connectivity index (χ1v) is 5.09. The van der Waals surface area contributed by atoms with Crippen molar-refractivity contribution in [3.63, 3.8) is 0 Å². The van der Waals surface area contributed by atoms with Gasteiger partial charge < -0.3 is 5.11 Å². The van der Waals surface area contributed by atoms with E-state index >= 15 is 0 Å². The van der Waals surface area contributed by atoms with Crippen LogP contribution in [0, 0.1) is 0 Å². The number of rotatable bonds is 7. The van der Waals surface area contributed by atoms with E-state index in [1.807, 2.05) is 6.08 Å². The van der Waals surface area contributed by atoms with E-state index in [9.17, 15) is 4.79 Å². The lowest BCUT2D eigenvalue weighted by Gasteiger charge is -1.99. The van der Waals surface area contributed by atoms with Crippen molar-refractivity contribution in [2.75, 3.05) is 11.5 Å². The van der Waals surface area contributed by atoms with Gasteiger partial charge in [-0.1, -0.05) is 31.4 Å². The van der Waals surface area contributed by atoms with Crippen LogP contribution < -0.4 is 0 Å². The SMILES string of the molecule is C=CC=C(C=C)CSCCC(=O)O. The van der Waals surface area contributed by atoms with Crippen LogP contribution in [0.25, 0.3) is 0 Å². The van der Waals surface area contributed by atoms with Crippen molar-refractivity contribution in [3.8, 4) is 0 Å². The van der Waals surface area contributed by atoms with Gasteiger partial charge in [-0.25, -0.2) is 0 Å². The van der Waals surface area contributed by atoms with E-state index in [-0.39, 0.29) is 6.42 Å². The Labute approximate surface area is 83.0 Å². The Balaban J connectivity index is 3.61. The minimum atomic E-state index is -0.750. The maximum atomic E-state index is 10.2. The average molecular weight is 198 g/mol. The van der Waals surface area contributed by atoms with Crippen molar-refractivity contribution < 1.29 is 9.90 Å². The molecule has 72 valence electrons. The highest BCUT2D eigenvalue weighted by molar-refractivity contribution is 7.99. The van der Waals surface area contributed by atoms with Crippen LogP contribution in [0.2, 0.25) is 0 Å². The summed E-state index contributed by atoms with van der Waals surface area (Å²) in [6, 6.07) is 0. The maximum Gasteiger partial charge on any atom is 0.304 e. The van der Waals surface area contributed by atoms with Crippen molar-refractivity contribution in [2.24, 2.45) is 0 Å². The molecule has 0 rings (SSSR count). The summed E-state index contributed by atoms with van der Waals surface area (Å²) in [5.74, 6) is 0.681. The number of thioether (sulfide) groups is 1. The zero-order valence-electron chi connectivity index (χ0n) is 7.53. The summed E-state index contributed by atoms with van der Waals surface area (Å²) in [5, 5.41) is 8.37. The summed E-state index contributed by atoms with van der Waals surface area (Å²) >= 11 is 1.59. The van der Waals surface area contributed by atoms with Gasteiger partial charge in [-0.05, 0) is 5.57 Å². The van der Waals surface area contributed by atoms with E-state index in [0.717, 1.165) is 11.3 Å². The van der Waals surface area contributed by atoms with Crippen LogP contribution in [0.4, 0.5) is 0 Å². The molecule has 0 amide bonds. The lowest BCUT2D eigenvalue weighted by molar-refractivity contribution is -0.136. The maximum absolute atomic E-state index is 10.2. The zero-order valence-corrected chi connectivity index (χ0v) is 8.35. The minimum absolute atomic E-state index is 0.211. The molecule has 0 heterocycles. The summed E-state index contributed by atoms with van der Waals surface area (Å²) in [6.45, 7) is 7.23. The largest absolute Gasteiger partial charge is 0.481 e. The lowest BCUT2D eigenvalue weighted by atomic mass is 10.3. The second kappa shape index (κ2) is 7.68. The predicted octanol–water partition coefficient (Wildman–Crippen LogP) is 2.49. The monoisotopic (exact) mass is 198 g/mol. The third kappa shape index (κ3) is 7.40. The van der Waals surface area contributed by atoms with Crippen LogP contribution in [0.3, 0.4) is 0 Å². The van der Waals surface area contributed by atoms with Gasteiger partial charge >= 0.3 is 5.97 Å². The van der Waals surface area contributed by atoms with E-state index in [4.69, 9.17) is 5.11 Å². The van der Waals surface area contributed by atoms with Crippen molar-refractivity contribution in [1.82, 2.24) is 0 Å². The number of hydrogen-bond acceptors (Lipinski definition) is 2.